The maximum atomic E-state index is 13.7. The monoisotopic (exact) mass is 515 g/mol. The van der Waals surface area contributed by atoms with Gasteiger partial charge in [-0.3, -0.25) is 4.31 Å². The highest BCUT2D eigenvalue weighted by Crippen LogP contribution is 2.36. The summed E-state index contributed by atoms with van der Waals surface area (Å²) in [4.78, 5) is 0.144. The van der Waals surface area contributed by atoms with Gasteiger partial charge in [-0.15, -0.1) is 0 Å². The number of benzene rings is 3. The fraction of sp³-hybridized carbons (Fsp3) is 0.240. The van der Waals surface area contributed by atoms with Crippen LogP contribution in [0.5, 0.6) is 11.5 Å². The van der Waals surface area contributed by atoms with Crippen LogP contribution in [-0.4, -0.2) is 33.8 Å². The summed E-state index contributed by atoms with van der Waals surface area (Å²) < 4.78 is 52.6. The van der Waals surface area contributed by atoms with Crippen molar-refractivity contribution in [2.75, 3.05) is 29.2 Å². The Morgan fingerprint density at radius 1 is 0.971 bits per heavy atom. The van der Waals surface area contributed by atoms with Gasteiger partial charge in [0, 0.05) is 23.5 Å². The van der Waals surface area contributed by atoms with Crippen LogP contribution in [0, 0.1) is 5.82 Å². The SMILES string of the molecule is COc1ccc(NC(=S)Nc2ccc(S(=O)(=O)N3c4ccc(F)cc4CCC3C)cc2)cc1OC. The van der Waals surface area contributed by atoms with Crippen LogP contribution in [-0.2, 0) is 16.4 Å². The number of nitrogens with zero attached hydrogens (tertiary/aromatic N) is 1. The molecule has 0 spiro atoms. The number of thiocarbonyl (C=S) groups is 1. The van der Waals surface area contributed by atoms with Crippen molar-refractivity contribution in [1.82, 2.24) is 0 Å². The minimum absolute atomic E-state index is 0.144. The molecule has 184 valence electrons. The van der Waals surface area contributed by atoms with E-state index in [1.54, 1.807) is 44.6 Å². The van der Waals surface area contributed by atoms with Crippen molar-refractivity contribution >= 4 is 44.4 Å². The zero-order valence-corrected chi connectivity index (χ0v) is 21.2. The molecule has 0 saturated carbocycles. The molecule has 10 heteroatoms. The maximum Gasteiger partial charge on any atom is 0.264 e. The third-order valence-electron chi connectivity index (χ3n) is 5.82. The predicted octanol–water partition coefficient (Wildman–Crippen LogP) is 5.18. The quantitative estimate of drug-likeness (QED) is 0.438. The molecule has 7 nitrogen and oxygen atoms in total. The van der Waals surface area contributed by atoms with Gasteiger partial charge in [-0.2, -0.15) is 0 Å². The molecular weight excluding hydrogens is 489 g/mol. The van der Waals surface area contributed by atoms with Gasteiger partial charge in [-0.1, -0.05) is 0 Å². The number of halogens is 1. The van der Waals surface area contributed by atoms with Crippen LogP contribution >= 0.6 is 12.2 Å². The Bertz CT molecular complexity index is 1350. The third kappa shape index (κ3) is 5.18. The van der Waals surface area contributed by atoms with Gasteiger partial charge in [0.2, 0.25) is 0 Å². The number of sulfonamides is 1. The van der Waals surface area contributed by atoms with E-state index in [0.29, 0.717) is 52.1 Å². The maximum absolute atomic E-state index is 13.7. The van der Waals surface area contributed by atoms with Crippen LogP contribution < -0.4 is 24.4 Å². The minimum Gasteiger partial charge on any atom is -0.493 e. The smallest absolute Gasteiger partial charge is 0.264 e. The summed E-state index contributed by atoms with van der Waals surface area (Å²) in [6.45, 7) is 1.86. The van der Waals surface area contributed by atoms with Crippen LogP contribution in [0.1, 0.15) is 18.9 Å². The number of anilines is 3. The standard InChI is InChI=1S/C25H26FN3O4S2/c1-16-4-5-17-14-18(26)6-12-22(17)29(16)35(30,31)21-10-7-19(8-11-21)27-25(34)28-20-9-13-23(32-2)24(15-20)33-3/h6-16H,4-5H2,1-3H3,(H2,27,28,34). The average molecular weight is 516 g/mol. The van der Waals surface area contributed by atoms with E-state index in [2.05, 4.69) is 10.6 Å². The second-order valence-electron chi connectivity index (χ2n) is 8.13. The molecule has 1 atom stereocenters. The zero-order chi connectivity index (χ0) is 25.2. The van der Waals surface area contributed by atoms with Crippen molar-refractivity contribution in [1.29, 1.82) is 0 Å². The molecule has 0 fully saturated rings. The van der Waals surface area contributed by atoms with E-state index in [-0.39, 0.29) is 16.8 Å². The first-order valence-electron chi connectivity index (χ1n) is 11.0. The zero-order valence-electron chi connectivity index (χ0n) is 19.5. The van der Waals surface area contributed by atoms with Gasteiger partial charge < -0.3 is 20.1 Å². The number of hydrogen-bond donors (Lipinski definition) is 2. The fourth-order valence-electron chi connectivity index (χ4n) is 4.09. The molecule has 1 aliphatic heterocycles. The van der Waals surface area contributed by atoms with Gasteiger partial charge in [0.1, 0.15) is 5.82 Å². The molecule has 1 unspecified atom stereocenters. The number of rotatable bonds is 6. The Morgan fingerprint density at radius 2 is 1.63 bits per heavy atom. The van der Waals surface area contributed by atoms with Crippen LogP contribution in [0.15, 0.2) is 65.6 Å². The van der Waals surface area contributed by atoms with Gasteiger partial charge in [-0.25, -0.2) is 12.8 Å². The van der Waals surface area contributed by atoms with Crippen molar-refractivity contribution in [2.45, 2.75) is 30.7 Å². The lowest BCUT2D eigenvalue weighted by Gasteiger charge is -2.36. The number of fused-ring (bicyclic) bond motifs is 1. The highest BCUT2D eigenvalue weighted by Gasteiger charge is 2.34. The average Bonchev–Trinajstić information content (AvgIpc) is 2.84. The molecule has 2 N–H and O–H groups in total. The highest BCUT2D eigenvalue weighted by molar-refractivity contribution is 7.92. The summed E-state index contributed by atoms with van der Waals surface area (Å²) >= 11 is 5.39. The van der Waals surface area contributed by atoms with Gasteiger partial charge >= 0.3 is 0 Å². The second kappa shape index (κ2) is 10.1. The van der Waals surface area contributed by atoms with Gasteiger partial charge in [-0.05, 0) is 92.1 Å². The van der Waals surface area contributed by atoms with Crippen molar-refractivity contribution < 1.29 is 22.3 Å². The topological polar surface area (TPSA) is 79.9 Å². The lowest BCUT2D eigenvalue weighted by Crippen LogP contribution is -2.42. The van der Waals surface area contributed by atoms with Gasteiger partial charge in [0.15, 0.2) is 16.6 Å². The Labute approximate surface area is 209 Å². The van der Waals surface area contributed by atoms with E-state index in [1.807, 2.05) is 6.92 Å². The van der Waals surface area contributed by atoms with Gasteiger partial charge in [0.05, 0.1) is 24.8 Å². The lowest BCUT2D eigenvalue weighted by molar-refractivity contribution is 0.355. The summed E-state index contributed by atoms with van der Waals surface area (Å²) in [5, 5.41) is 6.43. The van der Waals surface area contributed by atoms with Crippen LogP contribution in [0.4, 0.5) is 21.5 Å². The summed E-state index contributed by atoms with van der Waals surface area (Å²) in [6.07, 6.45) is 1.25. The summed E-state index contributed by atoms with van der Waals surface area (Å²) in [7, 11) is -0.725. The Hall–Kier alpha value is -3.37. The van der Waals surface area contributed by atoms with Gasteiger partial charge in [0.25, 0.3) is 10.0 Å². The second-order valence-corrected chi connectivity index (χ2v) is 10.4. The van der Waals surface area contributed by atoms with E-state index in [1.165, 1.54) is 34.6 Å². The molecule has 0 amide bonds. The van der Waals surface area contributed by atoms with Crippen molar-refractivity contribution in [3.05, 3.63) is 72.0 Å². The number of hydrogen-bond acceptors (Lipinski definition) is 5. The summed E-state index contributed by atoms with van der Waals surface area (Å²) in [6, 6.07) is 15.7. The van der Waals surface area contributed by atoms with E-state index >= 15 is 0 Å². The van der Waals surface area contributed by atoms with Crippen LogP contribution in [0.3, 0.4) is 0 Å². The molecule has 0 radical (unpaired) electrons. The molecule has 35 heavy (non-hydrogen) atoms. The van der Waals surface area contributed by atoms with E-state index < -0.39 is 10.0 Å². The lowest BCUT2D eigenvalue weighted by atomic mass is 9.99. The largest absolute Gasteiger partial charge is 0.493 e. The Balaban J connectivity index is 1.49. The van der Waals surface area contributed by atoms with Crippen molar-refractivity contribution in [3.8, 4) is 11.5 Å². The third-order valence-corrected chi connectivity index (χ3v) is 7.97. The molecule has 0 saturated heterocycles. The van der Waals surface area contributed by atoms with Crippen molar-refractivity contribution in [2.24, 2.45) is 0 Å². The van der Waals surface area contributed by atoms with E-state index in [4.69, 9.17) is 21.7 Å². The summed E-state index contributed by atoms with van der Waals surface area (Å²) in [5.74, 6) is 0.791. The Kier molecular flexibility index (Phi) is 7.13. The first-order chi connectivity index (χ1) is 16.7. The van der Waals surface area contributed by atoms with Crippen molar-refractivity contribution in [3.63, 3.8) is 0 Å². The number of aryl methyl sites for hydroxylation is 1. The molecule has 1 heterocycles. The molecule has 3 aromatic carbocycles. The van der Waals surface area contributed by atoms with Crippen LogP contribution in [0.25, 0.3) is 0 Å². The molecule has 0 bridgehead atoms. The highest BCUT2D eigenvalue weighted by atomic mass is 32.2. The first kappa shape index (κ1) is 24.7. The fourth-order valence-corrected chi connectivity index (χ4v) is 6.05. The predicted molar refractivity (Wildman–Crippen MR) is 140 cm³/mol. The molecule has 1 aliphatic rings. The Morgan fingerprint density at radius 3 is 2.31 bits per heavy atom. The molecular formula is C25H26FN3O4S2. The summed E-state index contributed by atoms with van der Waals surface area (Å²) in [5.41, 5.74) is 2.54. The molecule has 4 rings (SSSR count). The first-order valence-corrected chi connectivity index (χ1v) is 12.8. The number of methoxy groups -OCH3 is 2. The normalized spacial score (nSPS) is 15.2. The van der Waals surface area contributed by atoms with Crippen LogP contribution in [0.2, 0.25) is 0 Å². The minimum atomic E-state index is -3.84. The molecule has 0 aromatic heterocycles. The number of ether oxygens (including phenoxy) is 2. The van der Waals surface area contributed by atoms with E-state index in [9.17, 15) is 12.8 Å². The van der Waals surface area contributed by atoms with E-state index in [0.717, 1.165) is 0 Å². The molecule has 0 aliphatic carbocycles. The number of nitrogens with one attached hydrogen (secondary N) is 2. The molecule has 3 aromatic rings.